The van der Waals surface area contributed by atoms with Gasteiger partial charge in [0.25, 0.3) is 0 Å². The minimum atomic E-state index is -0.469. The summed E-state index contributed by atoms with van der Waals surface area (Å²) in [6, 6.07) is 32.5. The number of likely N-dealkylation sites (tertiary alicyclic amines) is 1. The van der Waals surface area contributed by atoms with E-state index in [0.717, 1.165) is 6.42 Å². The number of hydrogen-bond donors (Lipinski definition) is 0. The highest BCUT2D eigenvalue weighted by Crippen LogP contribution is 2.40. The Morgan fingerprint density at radius 1 is 0.629 bits per heavy atom. The Morgan fingerprint density at radius 2 is 1.17 bits per heavy atom. The number of hydrogen-bond acceptors (Lipinski definition) is 2. The van der Waals surface area contributed by atoms with E-state index in [9.17, 15) is 0 Å². The molecule has 1 aliphatic rings. The first-order chi connectivity index (χ1) is 17.4. The number of aryl methyl sites for hydroxylation is 1. The van der Waals surface area contributed by atoms with Crippen molar-refractivity contribution in [3.8, 4) is 0 Å². The van der Waals surface area contributed by atoms with Crippen LogP contribution in [0.3, 0.4) is 0 Å². The molecule has 0 bridgehead atoms. The minimum Gasteiger partial charge on any atom is -0.319 e. The SMILES string of the molecule is c1ccc(C(c2ccccc2)(c2ccccc2)n2cnc(CCCCCN3CCCCC3)c2)cc1. The zero-order chi connectivity index (χ0) is 23.8. The number of benzene rings is 3. The normalized spacial score (nSPS) is 14.7. The molecule has 0 radical (unpaired) electrons. The zero-order valence-electron chi connectivity index (χ0n) is 20.7. The van der Waals surface area contributed by atoms with Crippen LogP contribution < -0.4 is 0 Å². The van der Waals surface area contributed by atoms with Gasteiger partial charge in [0.2, 0.25) is 0 Å². The number of imidazole rings is 1. The lowest BCUT2D eigenvalue weighted by Gasteiger charge is -2.37. The van der Waals surface area contributed by atoms with Gasteiger partial charge in [-0.15, -0.1) is 0 Å². The fraction of sp³-hybridized carbons (Fsp3) is 0.344. The molecule has 2 heterocycles. The first-order valence-electron chi connectivity index (χ1n) is 13.3. The third-order valence-electron chi connectivity index (χ3n) is 7.45. The van der Waals surface area contributed by atoms with E-state index in [1.54, 1.807) is 0 Å². The first-order valence-corrected chi connectivity index (χ1v) is 13.3. The van der Waals surface area contributed by atoms with Crippen molar-refractivity contribution in [3.05, 3.63) is 126 Å². The second-order valence-electron chi connectivity index (χ2n) is 9.79. The van der Waals surface area contributed by atoms with Crippen molar-refractivity contribution in [3.63, 3.8) is 0 Å². The topological polar surface area (TPSA) is 21.1 Å². The predicted octanol–water partition coefficient (Wildman–Crippen LogP) is 6.92. The number of aromatic nitrogens is 2. The highest BCUT2D eigenvalue weighted by molar-refractivity contribution is 5.50. The van der Waals surface area contributed by atoms with Crippen LogP contribution in [0.5, 0.6) is 0 Å². The Hall–Kier alpha value is -3.17. The third kappa shape index (κ3) is 5.26. The summed E-state index contributed by atoms with van der Waals surface area (Å²) < 4.78 is 2.33. The molecule has 0 atom stereocenters. The van der Waals surface area contributed by atoms with Crippen LogP contribution in [0.2, 0.25) is 0 Å². The summed E-state index contributed by atoms with van der Waals surface area (Å²) in [5.41, 5.74) is 4.42. The van der Waals surface area contributed by atoms with Crippen LogP contribution >= 0.6 is 0 Å². The smallest absolute Gasteiger partial charge is 0.121 e. The van der Waals surface area contributed by atoms with Gasteiger partial charge in [-0.25, -0.2) is 4.98 Å². The maximum atomic E-state index is 4.90. The first kappa shape index (κ1) is 23.6. The molecule has 180 valence electrons. The summed E-state index contributed by atoms with van der Waals surface area (Å²) in [6.45, 7) is 3.85. The average Bonchev–Trinajstić information content (AvgIpc) is 3.40. The van der Waals surface area contributed by atoms with Crippen LogP contribution in [0.25, 0.3) is 0 Å². The largest absolute Gasteiger partial charge is 0.319 e. The molecule has 0 spiro atoms. The van der Waals surface area contributed by atoms with Crippen molar-refractivity contribution in [2.75, 3.05) is 19.6 Å². The van der Waals surface area contributed by atoms with Gasteiger partial charge >= 0.3 is 0 Å². The van der Waals surface area contributed by atoms with E-state index in [2.05, 4.69) is 107 Å². The van der Waals surface area contributed by atoms with Crippen molar-refractivity contribution in [2.24, 2.45) is 0 Å². The second-order valence-corrected chi connectivity index (χ2v) is 9.79. The van der Waals surface area contributed by atoms with Gasteiger partial charge in [0, 0.05) is 6.20 Å². The van der Waals surface area contributed by atoms with Gasteiger partial charge in [0.05, 0.1) is 12.0 Å². The van der Waals surface area contributed by atoms with Crippen LogP contribution in [0.4, 0.5) is 0 Å². The van der Waals surface area contributed by atoms with Crippen molar-refractivity contribution in [1.82, 2.24) is 14.5 Å². The average molecular weight is 464 g/mol. The molecule has 3 heteroatoms. The molecule has 1 fully saturated rings. The van der Waals surface area contributed by atoms with Crippen molar-refractivity contribution < 1.29 is 0 Å². The lowest BCUT2D eigenvalue weighted by Crippen LogP contribution is -2.36. The summed E-state index contributed by atoms with van der Waals surface area (Å²) in [5.74, 6) is 0. The quantitative estimate of drug-likeness (QED) is 0.188. The van der Waals surface area contributed by atoms with E-state index in [-0.39, 0.29) is 0 Å². The molecule has 0 N–H and O–H groups in total. The maximum absolute atomic E-state index is 4.90. The summed E-state index contributed by atoms with van der Waals surface area (Å²) in [5, 5.41) is 0. The van der Waals surface area contributed by atoms with Crippen molar-refractivity contribution in [1.29, 1.82) is 0 Å². The zero-order valence-corrected chi connectivity index (χ0v) is 20.7. The molecular weight excluding hydrogens is 426 g/mol. The summed E-state index contributed by atoms with van der Waals surface area (Å²) in [7, 11) is 0. The molecule has 0 aliphatic carbocycles. The molecule has 0 amide bonds. The van der Waals surface area contributed by atoms with Crippen LogP contribution in [0.15, 0.2) is 104 Å². The van der Waals surface area contributed by atoms with Gasteiger partial charge in [-0.05, 0) is 68.4 Å². The van der Waals surface area contributed by atoms with E-state index in [4.69, 9.17) is 4.98 Å². The monoisotopic (exact) mass is 463 g/mol. The number of nitrogens with zero attached hydrogens (tertiary/aromatic N) is 3. The second kappa shape index (κ2) is 11.5. The predicted molar refractivity (Wildman–Crippen MR) is 145 cm³/mol. The van der Waals surface area contributed by atoms with Gasteiger partial charge in [-0.2, -0.15) is 0 Å². The molecule has 4 aromatic rings. The molecule has 0 saturated carbocycles. The molecule has 3 nitrogen and oxygen atoms in total. The van der Waals surface area contributed by atoms with Crippen LogP contribution in [-0.2, 0) is 12.0 Å². The molecule has 35 heavy (non-hydrogen) atoms. The standard InChI is InChI=1S/C32H37N3/c1-6-16-28(17-7-1)32(29-18-8-2-9-19-29,30-20-10-3-11-21-30)35-26-31(33-27-35)22-12-4-13-23-34-24-14-5-15-25-34/h1-3,6-11,16-21,26-27H,4-5,12-15,22-25H2. The molecule has 1 aliphatic heterocycles. The fourth-order valence-electron chi connectivity index (χ4n) is 5.66. The van der Waals surface area contributed by atoms with Crippen LogP contribution in [-0.4, -0.2) is 34.1 Å². The van der Waals surface area contributed by atoms with E-state index >= 15 is 0 Å². The summed E-state index contributed by atoms with van der Waals surface area (Å²) in [6.07, 6.45) is 13.3. The third-order valence-corrected chi connectivity index (χ3v) is 7.45. The lowest BCUT2D eigenvalue weighted by molar-refractivity contribution is 0.224. The molecule has 1 aromatic heterocycles. The molecular formula is C32H37N3. The Kier molecular flexibility index (Phi) is 7.75. The van der Waals surface area contributed by atoms with Gasteiger partial charge in [-0.1, -0.05) is 104 Å². The van der Waals surface area contributed by atoms with Gasteiger partial charge in [-0.3, -0.25) is 0 Å². The van der Waals surface area contributed by atoms with Crippen molar-refractivity contribution >= 4 is 0 Å². The number of rotatable bonds is 10. The maximum Gasteiger partial charge on any atom is 0.121 e. The molecule has 0 unspecified atom stereocenters. The van der Waals surface area contributed by atoms with E-state index in [1.165, 1.54) is 80.5 Å². The van der Waals surface area contributed by atoms with Gasteiger partial charge in [0.1, 0.15) is 5.54 Å². The molecule has 1 saturated heterocycles. The number of piperidine rings is 1. The Balaban J connectivity index is 1.40. The highest BCUT2D eigenvalue weighted by atomic mass is 15.1. The van der Waals surface area contributed by atoms with Crippen molar-refractivity contribution in [2.45, 2.75) is 50.5 Å². The Bertz CT molecular complexity index is 1050. The Labute approximate surface area is 210 Å². The molecule has 5 rings (SSSR count). The van der Waals surface area contributed by atoms with Gasteiger partial charge in [0.15, 0.2) is 0 Å². The minimum absolute atomic E-state index is 0.469. The van der Waals surface area contributed by atoms with E-state index < -0.39 is 5.54 Å². The van der Waals surface area contributed by atoms with Gasteiger partial charge < -0.3 is 9.47 Å². The molecule has 3 aromatic carbocycles. The van der Waals surface area contributed by atoms with E-state index in [1.807, 2.05) is 6.33 Å². The van der Waals surface area contributed by atoms with E-state index in [0.29, 0.717) is 0 Å². The fourth-order valence-corrected chi connectivity index (χ4v) is 5.66. The summed E-state index contributed by atoms with van der Waals surface area (Å²) in [4.78, 5) is 7.54. The number of unbranched alkanes of at least 4 members (excludes halogenated alkanes) is 2. The highest BCUT2D eigenvalue weighted by Gasteiger charge is 2.38. The van der Waals surface area contributed by atoms with Crippen LogP contribution in [0.1, 0.15) is 60.9 Å². The summed E-state index contributed by atoms with van der Waals surface area (Å²) >= 11 is 0. The lowest BCUT2D eigenvalue weighted by atomic mass is 9.77. The van der Waals surface area contributed by atoms with Crippen LogP contribution in [0, 0.1) is 0 Å². The Morgan fingerprint density at radius 3 is 1.71 bits per heavy atom.